The molecule has 0 aromatic carbocycles. The number of rotatable bonds is 5. The molecule has 0 heterocycles. The van der Waals surface area contributed by atoms with E-state index in [2.05, 4.69) is 31.4 Å². The van der Waals surface area contributed by atoms with Crippen LogP contribution in [0.5, 0.6) is 0 Å². The Morgan fingerprint density at radius 3 is 2.24 bits per heavy atom. The summed E-state index contributed by atoms with van der Waals surface area (Å²) in [4.78, 5) is 11.7. The lowest BCUT2D eigenvalue weighted by Gasteiger charge is -2.20. The van der Waals surface area contributed by atoms with Crippen LogP contribution in [0, 0.1) is 5.92 Å². The number of nitrogens with one attached hydrogen (secondary N) is 2. The van der Waals surface area contributed by atoms with Crippen molar-refractivity contribution in [1.82, 2.24) is 10.6 Å². The van der Waals surface area contributed by atoms with Gasteiger partial charge in [-0.15, -0.1) is 0 Å². The van der Waals surface area contributed by atoms with Gasteiger partial charge in [-0.05, 0) is 25.7 Å². The third kappa shape index (κ3) is 6.06. The van der Waals surface area contributed by atoms with Crippen LogP contribution in [0.4, 0.5) is 0 Å². The molecule has 2 N–H and O–H groups in total. The number of hydrogen-bond acceptors (Lipinski definition) is 2. The second-order valence-electron chi connectivity index (χ2n) is 5.67. The molecule has 0 radical (unpaired) electrons. The zero-order valence-electron chi connectivity index (χ0n) is 11.6. The van der Waals surface area contributed by atoms with Crippen LogP contribution in [0.3, 0.4) is 0 Å². The fraction of sp³-hybridized carbons (Fsp3) is 0.929. The summed E-state index contributed by atoms with van der Waals surface area (Å²) in [6, 6.07) is 0.816. The second-order valence-corrected chi connectivity index (χ2v) is 5.67. The smallest absolute Gasteiger partial charge is 0.234 e. The third-order valence-corrected chi connectivity index (χ3v) is 3.80. The van der Waals surface area contributed by atoms with Gasteiger partial charge in [-0.2, -0.15) is 0 Å². The predicted molar refractivity (Wildman–Crippen MR) is 71.9 cm³/mol. The fourth-order valence-electron chi connectivity index (χ4n) is 2.19. The van der Waals surface area contributed by atoms with Gasteiger partial charge in [-0.25, -0.2) is 0 Å². The van der Waals surface area contributed by atoms with Crippen molar-refractivity contribution in [3.63, 3.8) is 0 Å². The van der Waals surface area contributed by atoms with Crippen molar-refractivity contribution < 1.29 is 4.79 Å². The molecule has 1 aliphatic rings. The lowest BCUT2D eigenvalue weighted by molar-refractivity contribution is -0.121. The van der Waals surface area contributed by atoms with Crippen LogP contribution in [-0.4, -0.2) is 24.5 Å². The summed E-state index contributed by atoms with van der Waals surface area (Å²) in [7, 11) is 0. The number of hydrogen-bond donors (Lipinski definition) is 2. The Balaban J connectivity index is 2.18. The molecule has 0 spiro atoms. The summed E-state index contributed by atoms with van der Waals surface area (Å²) in [6.07, 6.45) is 7.78. The van der Waals surface area contributed by atoms with Gasteiger partial charge in [0.2, 0.25) is 5.91 Å². The van der Waals surface area contributed by atoms with Crippen molar-refractivity contribution in [1.29, 1.82) is 0 Å². The highest BCUT2D eigenvalue weighted by Gasteiger charge is 2.14. The Bertz CT molecular complexity index is 220. The van der Waals surface area contributed by atoms with Gasteiger partial charge in [-0.3, -0.25) is 4.79 Å². The van der Waals surface area contributed by atoms with Crippen LogP contribution >= 0.6 is 0 Å². The maximum atomic E-state index is 11.7. The molecule has 0 bridgehead atoms. The zero-order valence-corrected chi connectivity index (χ0v) is 11.6. The van der Waals surface area contributed by atoms with E-state index < -0.39 is 0 Å². The van der Waals surface area contributed by atoms with Crippen LogP contribution in [0.25, 0.3) is 0 Å². The van der Waals surface area contributed by atoms with Crippen molar-refractivity contribution >= 4 is 5.91 Å². The maximum absolute atomic E-state index is 11.7. The largest absolute Gasteiger partial charge is 0.352 e. The first-order chi connectivity index (χ1) is 8.09. The van der Waals surface area contributed by atoms with Crippen LogP contribution < -0.4 is 10.6 Å². The topological polar surface area (TPSA) is 41.1 Å². The first-order valence-corrected chi connectivity index (χ1v) is 7.12. The molecule has 1 saturated carbocycles. The van der Waals surface area contributed by atoms with Gasteiger partial charge in [0, 0.05) is 12.1 Å². The fourth-order valence-corrected chi connectivity index (χ4v) is 2.19. The lowest BCUT2D eigenvalue weighted by Crippen LogP contribution is -2.43. The third-order valence-electron chi connectivity index (χ3n) is 3.80. The number of carbonyl (C=O) groups is 1. The van der Waals surface area contributed by atoms with Crippen molar-refractivity contribution in [2.45, 2.75) is 71.4 Å². The van der Waals surface area contributed by atoms with Gasteiger partial charge >= 0.3 is 0 Å². The molecule has 0 saturated heterocycles. The van der Waals surface area contributed by atoms with Gasteiger partial charge in [-0.1, -0.05) is 39.5 Å². The molecular weight excluding hydrogens is 212 g/mol. The average Bonchev–Trinajstić information content (AvgIpc) is 2.54. The summed E-state index contributed by atoms with van der Waals surface area (Å²) >= 11 is 0. The molecule has 1 fully saturated rings. The van der Waals surface area contributed by atoms with E-state index in [1.54, 1.807) is 0 Å². The quantitative estimate of drug-likeness (QED) is 0.725. The van der Waals surface area contributed by atoms with Crippen molar-refractivity contribution in [3.8, 4) is 0 Å². The Morgan fingerprint density at radius 1 is 1.12 bits per heavy atom. The first-order valence-electron chi connectivity index (χ1n) is 7.12. The molecule has 1 amide bonds. The van der Waals surface area contributed by atoms with Crippen LogP contribution in [0.2, 0.25) is 0 Å². The molecule has 1 unspecified atom stereocenters. The molecule has 0 aromatic rings. The zero-order chi connectivity index (χ0) is 12.7. The summed E-state index contributed by atoms with van der Waals surface area (Å²) in [5, 5.41) is 6.43. The summed E-state index contributed by atoms with van der Waals surface area (Å²) in [5.41, 5.74) is 0. The van der Waals surface area contributed by atoms with E-state index in [-0.39, 0.29) is 11.9 Å². The standard InChI is InChI=1S/C14H28N2O/c1-11(2)12(3)16-14(17)10-15-13-8-6-4-5-7-9-13/h11-13,15H,4-10H2,1-3H3,(H,16,17). The maximum Gasteiger partial charge on any atom is 0.234 e. The van der Waals surface area contributed by atoms with Crippen LogP contribution in [0.15, 0.2) is 0 Å². The molecule has 100 valence electrons. The first kappa shape index (κ1) is 14.5. The lowest BCUT2D eigenvalue weighted by atomic mass is 10.1. The molecule has 3 heteroatoms. The van der Waals surface area contributed by atoms with Crippen molar-refractivity contribution in [3.05, 3.63) is 0 Å². The van der Waals surface area contributed by atoms with Gasteiger partial charge in [0.25, 0.3) is 0 Å². The summed E-state index contributed by atoms with van der Waals surface area (Å²) < 4.78 is 0. The minimum atomic E-state index is 0.135. The average molecular weight is 240 g/mol. The molecule has 1 rings (SSSR count). The van der Waals surface area contributed by atoms with Gasteiger partial charge in [0.05, 0.1) is 6.54 Å². The Kier molecular flexibility index (Phi) is 6.56. The van der Waals surface area contributed by atoms with E-state index in [1.165, 1.54) is 38.5 Å². The predicted octanol–water partition coefficient (Wildman–Crippen LogP) is 2.46. The van der Waals surface area contributed by atoms with Crippen LogP contribution in [-0.2, 0) is 4.79 Å². The highest BCUT2D eigenvalue weighted by molar-refractivity contribution is 5.78. The van der Waals surface area contributed by atoms with Gasteiger partial charge < -0.3 is 10.6 Å². The van der Waals surface area contributed by atoms with E-state index in [0.29, 0.717) is 18.5 Å². The highest BCUT2D eigenvalue weighted by atomic mass is 16.1. The minimum absolute atomic E-state index is 0.135. The van der Waals surface area contributed by atoms with E-state index in [0.717, 1.165) is 0 Å². The van der Waals surface area contributed by atoms with Crippen molar-refractivity contribution in [2.24, 2.45) is 5.92 Å². The molecule has 17 heavy (non-hydrogen) atoms. The summed E-state index contributed by atoms with van der Waals surface area (Å²) in [6.45, 7) is 6.79. The van der Waals surface area contributed by atoms with E-state index in [1.807, 2.05) is 0 Å². The molecular formula is C14H28N2O. The Labute approximate surface area is 106 Å². The molecule has 1 atom stereocenters. The van der Waals surface area contributed by atoms with E-state index in [4.69, 9.17) is 0 Å². The minimum Gasteiger partial charge on any atom is -0.352 e. The summed E-state index contributed by atoms with van der Waals surface area (Å²) in [5.74, 6) is 0.632. The number of amides is 1. The van der Waals surface area contributed by atoms with Gasteiger partial charge in [0.1, 0.15) is 0 Å². The Morgan fingerprint density at radius 2 is 1.71 bits per heavy atom. The van der Waals surface area contributed by atoms with Crippen LogP contribution in [0.1, 0.15) is 59.3 Å². The molecule has 0 aliphatic heterocycles. The van der Waals surface area contributed by atoms with E-state index >= 15 is 0 Å². The molecule has 3 nitrogen and oxygen atoms in total. The molecule has 1 aliphatic carbocycles. The number of carbonyl (C=O) groups excluding carboxylic acids is 1. The SMILES string of the molecule is CC(C)C(C)NC(=O)CNC1CCCCCC1. The monoisotopic (exact) mass is 240 g/mol. The second kappa shape index (κ2) is 7.70. The van der Waals surface area contributed by atoms with E-state index in [9.17, 15) is 4.79 Å². The normalized spacial score (nSPS) is 20.0. The van der Waals surface area contributed by atoms with Gasteiger partial charge in [0.15, 0.2) is 0 Å². The Hall–Kier alpha value is -0.570. The molecule has 0 aromatic heterocycles. The van der Waals surface area contributed by atoms with Crippen molar-refractivity contribution in [2.75, 3.05) is 6.54 Å². The highest BCUT2D eigenvalue weighted by Crippen LogP contribution is 2.16.